The van der Waals surface area contributed by atoms with Gasteiger partial charge in [-0.1, -0.05) is 22.6 Å². The summed E-state index contributed by atoms with van der Waals surface area (Å²) < 4.78 is 23.3. The topological polar surface area (TPSA) is 36.9 Å². The minimum atomic E-state index is -0.514. The van der Waals surface area contributed by atoms with Crippen molar-refractivity contribution in [3.63, 3.8) is 0 Å². The predicted octanol–water partition coefficient (Wildman–Crippen LogP) is 1.31. The molecule has 2 rings (SSSR count). The molecule has 0 amide bonds. The van der Waals surface area contributed by atoms with E-state index in [2.05, 4.69) is 22.6 Å². The molecule has 4 atom stereocenters. The lowest BCUT2D eigenvalue weighted by Gasteiger charge is -2.22. The molecule has 0 aromatic rings. The lowest BCUT2D eigenvalue weighted by molar-refractivity contribution is -0.223. The summed E-state index contributed by atoms with van der Waals surface area (Å²) >= 11 is 2.29. The molecule has 0 aliphatic carbocycles. The van der Waals surface area contributed by atoms with E-state index >= 15 is 0 Å². The molecule has 0 aromatic heterocycles. The summed E-state index contributed by atoms with van der Waals surface area (Å²) in [5, 5.41) is 0. The van der Waals surface area contributed by atoms with Crippen LogP contribution in [0.4, 0.5) is 0 Å². The summed E-state index contributed by atoms with van der Waals surface area (Å²) in [5.41, 5.74) is 0. The van der Waals surface area contributed by atoms with Gasteiger partial charge in [0.1, 0.15) is 12.2 Å². The average molecular weight is 314 g/mol. The van der Waals surface area contributed by atoms with E-state index in [1.807, 2.05) is 13.8 Å². The van der Waals surface area contributed by atoms with E-state index in [-0.39, 0.29) is 24.6 Å². The van der Waals surface area contributed by atoms with Crippen molar-refractivity contribution in [2.75, 3.05) is 11.5 Å². The van der Waals surface area contributed by atoms with E-state index < -0.39 is 5.79 Å². The Balaban J connectivity index is 2.12. The molecule has 0 unspecified atom stereocenters. The van der Waals surface area contributed by atoms with Gasteiger partial charge in [-0.05, 0) is 13.8 Å². The van der Waals surface area contributed by atoms with Gasteiger partial charge in [-0.15, -0.1) is 0 Å². The Labute approximate surface area is 97.4 Å². The Bertz CT molecular complexity index is 201. The molecule has 0 saturated carbocycles. The average Bonchev–Trinajstić information content (AvgIpc) is 2.57. The van der Waals surface area contributed by atoms with Gasteiger partial charge in [-0.3, -0.25) is 0 Å². The second kappa shape index (κ2) is 3.86. The third kappa shape index (κ3) is 1.80. The van der Waals surface area contributed by atoms with Crippen LogP contribution in [0.15, 0.2) is 0 Å². The molecule has 2 aliphatic heterocycles. The molecule has 0 spiro atoms. The molecule has 2 saturated heterocycles. The quantitative estimate of drug-likeness (QED) is 0.569. The lowest BCUT2D eigenvalue weighted by atomic mass is 10.2. The van der Waals surface area contributed by atoms with Crippen LogP contribution >= 0.6 is 22.6 Å². The van der Waals surface area contributed by atoms with Crippen LogP contribution in [-0.2, 0) is 18.9 Å². The van der Waals surface area contributed by atoms with Crippen molar-refractivity contribution in [1.82, 2.24) is 0 Å². The first-order valence-electron chi connectivity index (χ1n) is 4.67. The van der Waals surface area contributed by atoms with Gasteiger partial charge in [-0.25, -0.2) is 0 Å². The normalized spacial score (nSPS) is 45.4. The summed E-state index contributed by atoms with van der Waals surface area (Å²) in [4.78, 5) is 0. The Hall–Kier alpha value is 0.570. The maximum absolute atomic E-state index is 5.78. The number of fused-ring (bicyclic) bond motifs is 1. The first-order valence-corrected chi connectivity index (χ1v) is 6.20. The number of hydrogen-bond donors (Lipinski definition) is 0. The molecular formula is C9H15IO4. The molecule has 0 radical (unpaired) electrons. The van der Waals surface area contributed by atoms with Gasteiger partial charge < -0.3 is 18.9 Å². The van der Waals surface area contributed by atoms with E-state index in [0.717, 1.165) is 4.43 Å². The van der Waals surface area contributed by atoms with Crippen LogP contribution in [0.2, 0.25) is 0 Å². The van der Waals surface area contributed by atoms with Gasteiger partial charge in [0, 0.05) is 11.5 Å². The fourth-order valence-corrected chi connectivity index (χ4v) is 2.67. The molecule has 2 aliphatic rings. The zero-order valence-corrected chi connectivity index (χ0v) is 10.7. The highest BCUT2D eigenvalue weighted by molar-refractivity contribution is 14.1. The molecule has 2 heterocycles. The number of alkyl halides is 1. The van der Waals surface area contributed by atoms with E-state index in [4.69, 9.17) is 18.9 Å². The van der Waals surface area contributed by atoms with Crippen LogP contribution < -0.4 is 0 Å². The molecule has 0 N–H and O–H groups in total. The van der Waals surface area contributed by atoms with Crippen molar-refractivity contribution in [2.24, 2.45) is 0 Å². The third-order valence-electron chi connectivity index (χ3n) is 2.49. The highest BCUT2D eigenvalue weighted by Gasteiger charge is 2.55. The number of ether oxygens (including phenoxy) is 4. The first kappa shape index (κ1) is 11.1. The zero-order chi connectivity index (χ0) is 10.3. The van der Waals surface area contributed by atoms with Gasteiger partial charge in [0.15, 0.2) is 12.1 Å². The Morgan fingerprint density at radius 2 is 1.93 bits per heavy atom. The van der Waals surface area contributed by atoms with Gasteiger partial charge in [-0.2, -0.15) is 0 Å². The van der Waals surface area contributed by atoms with Gasteiger partial charge in [0.05, 0.1) is 6.10 Å². The predicted molar refractivity (Wildman–Crippen MR) is 58.4 cm³/mol. The van der Waals surface area contributed by atoms with E-state index in [0.29, 0.717) is 0 Å². The minimum absolute atomic E-state index is 0.00634. The molecule has 2 fully saturated rings. The fraction of sp³-hybridized carbons (Fsp3) is 1.00. The van der Waals surface area contributed by atoms with Crippen molar-refractivity contribution in [1.29, 1.82) is 0 Å². The first-order chi connectivity index (χ1) is 6.57. The standard InChI is InChI=1S/C9H15IO4/c1-9(2)13-6-5(4-10)12-8(11-3)7(6)14-9/h5-8H,4H2,1-3H3/t5-,6+,7+,8+/m1/s1. The SMILES string of the molecule is CO[C@H]1O[C@H](CI)[C@@H]2OC(C)(C)O[C@H]12. The summed E-state index contributed by atoms with van der Waals surface area (Å²) in [6, 6.07) is 0. The van der Waals surface area contributed by atoms with E-state index in [9.17, 15) is 0 Å². The Morgan fingerprint density at radius 3 is 2.50 bits per heavy atom. The smallest absolute Gasteiger partial charge is 0.186 e. The van der Waals surface area contributed by atoms with Crippen LogP contribution in [0, 0.1) is 0 Å². The number of hydrogen-bond acceptors (Lipinski definition) is 4. The molecule has 0 bridgehead atoms. The summed E-state index contributed by atoms with van der Waals surface area (Å²) in [5.74, 6) is -0.514. The maximum Gasteiger partial charge on any atom is 0.186 e. The van der Waals surface area contributed by atoms with Crippen molar-refractivity contribution < 1.29 is 18.9 Å². The van der Waals surface area contributed by atoms with Crippen LogP contribution in [0.25, 0.3) is 0 Å². The second-order valence-electron chi connectivity index (χ2n) is 4.00. The van der Waals surface area contributed by atoms with Crippen molar-refractivity contribution in [3.05, 3.63) is 0 Å². The van der Waals surface area contributed by atoms with Gasteiger partial charge >= 0.3 is 0 Å². The largest absolute Gasteiger partial charge is 0.353 e. The summed E-state index contributed by atoms with van der Waals surface area (Å²) in [6.07, 6.45) is -0.296. The van der Waals surface area contributed by atoms with Gasteiger partial charge in [0.2, 0.25) is 0 Å². The van der Waals surface area contributed by atoms with Crippen LogP contribution in [0.3, 0.4) is 0 Å². The van der Waals surface area contributed by atoms with Crippen LogP contribution in [0.5, 0.6) is 0 Å². The van der Waals surface area contributed by atoms with Crippen LogP contribution in [-0.4, -0.2) is 41.9 Å². The Kier molecular flexibility index (Phi) is 3.05. The molecule has 4 nitrogen and oxygen atoms in total. The number of rotatable bonds is 2. The third-order valence-corrected chi connectivity index (χ3v) is 3.36. The number of methoxy groups -OCH3 is 1. The maximum atomic E-state index is 5.78. The lowest BCUT2D eigenvalue weighted by Crippen LogP contribution is -2.30. The van der Waals surface area contributed by atoms with E-state index in [1.54, 1.807) is 7.11 Å². The summed E-state index contributed by atoms with van der Waals surface area (Å²) in [7, 11) is 1.63. The fourth-order valence-electron chi connectivity index (χ4n) is 1.96. The molecular weight excluding hydrogens is 299 g/mol. The van der Waals surface area contributed by atoms with E-state index in [1.165, 1.54) is 0 Å². The monoisotopic (exact) mass is 314 g/mol. The molecule has 14 heavy (non-hydrogen) atoms. The molecule has 5 heteroatoms. The minimum Gasteiger partial charge on any atom is -0.353 e. The van der Waals surface area contributed by atoms with Crippen molar-refractivity contribution in [2.45, 2.75) is 44.2 Å². The van der Waals surface area contributed by atoms with Crippen molar-refractivity contribution in [3.8, 4) is 0 Å². The van der Waals surface area contributed by atoms with Gasteiger partial charge in [0.25, 0.3) is 0 Å². The zero-order valence-electron chi connectivity index (χ0n) is 8.53. The van der Waals surface area contributed by atoms with Crippen molar-refractivity contribution >= 4 is 22.6 Å². The number of halogens is 1. The highest BCUT2D eigenvalue weighted by Crippen LogP contribution is 2.39. The highest BCUT2D eigenvalue weighted by atomic mass is 127. The summed E-state index contributed by atoms with van der Waals surface area (Å²) in [6.45, 7) is 3.84. The second-order valence-corrected chi connectivity index (χ2v) is 4.88. The van der Waals surface area contributed by atoms with Crippen LogP contribution in [0.1, 0.15) is 13.8 Å². The molecule has 0 aromatic carbocycles. The molecule has 82 valence electrons. The Morgan fingerprint density at radius 1 is 1.29 bits per heavy atom.